The van der Waals surface area contributed by atoms with E-state index in [-0.39, 0.29) is 16.6 Å². The minimum atomic E-state index is -0.754. The van der Waals surface area contributed by atoms with Gasteiger partial charge in [-0.3, -0.25) is 14.8 Å². The Morgan fingerprint density at radius 1 is 1.20 bits per heavy atom. The lowest BCUT2D eigenvalue weighted by Gasteiger charge is -2.09. The van der Waals surface area contributed by atoms with Crippen molar-refractivity contribution in [2.24, 2.45) is 11.8 Å². The standard InChI is InChI=1S/C16H25ClN4O4/c1-9(2)6-18-16(24)19-12(22)8-25-15(23)13-11(5)20-21(14(13)17)7-10(3)4/h9-10H,6-8H2,1-5H3,(H2,18,19,22,24). The number of imide groups is 1. The van der Waals surface area contributed by atoms with Gasteiger partial charge in [0.25, 0.3) is 5.91 Å². The molecule has 0 atom stereocenters. The second-order valence-corrected chi connectivity index (χ2v) is 6.91. The largest absolute Gasteiger partial charge is 0.452 e. The van der Waals surface area contributed by atoms with Gasteiger partial charge in [0.05, 0.1) is 5.69 Å². The number of carbonyl (C=O) groups excluding carboxylic acids is 3. The molecule has 3 amide bonds. The third kappa shape index (κ3) is 6.74. The molecule has 1 heterocycles. The Morgan fingerprint density at radius 2 is 1.84 bits per heavy atom. The molecule has 9 heteroatoms. The Balaban J connectivity index is 2.58. The first-order valence-electron chi connectivity index (χ1n) is 8.09. The average molecular weight is 373 g/mol. The van der Waals surface area contributed by atoms with Crippen molar-refractivity contribution in [3.8, 4) is 0 Å². The summed E-state index contributed by atoms with van der Waals surface area (Å²) in [5, 5.41) is 8.99. The van der Waals surface area contributed by atoms with Gasteiger partial charge in [-0.15, -0.1) is 0 Å². The molecule has 1 aromatic heterocycles. The average Bonchev–Trinajstić information content (AvgIpc) is 2.76. The molecule has 0 radical (unpaired) electrons. The Hall–Kier alpha value is -2.09. The van der Waals surface area contributed by atoms with E-state index in [4.69, 9.17) is 16.3 Å². The van der Waals surface area contributed by atoms with Crippen LogP contribution in [-0.4, -0.2) is 40.8 Å². The van der Waals surface area contributed by atoms with Gasteiger partial charge in [-0.2, -0.15) is 5.10 Å². The first kappa shape index (κ1) is 21.0. The van der Waals surface area contributed by atoms with Crippen molar-refractivity contribution >= 4 is 29.5 Å². The minimum absolute atomic E-state index is 0.124. The fourth-order valence-corrected chi connectivity index (χ4v) is 2.28. The fourth-order valence-electron chi connectivity index (χ4n) is 1.96. The van der Waals surface area contributed by atoms with Crippen LogP contribution >= 0.6 is 11.6 Å². The van der Waals surface area contributed by atoms with Crippen LogP contribution in [0, 0.1) is 18.8 Å². The van der Waals surface area contributed by atoms with Gasteiger partial charge < -0.3 is 10.1 Å². The van der Waals surface area contributed by atoms with Crippen LogP contribution in [0.3, 0.4) is 0 Å². The van der Waals surface area contributed by atoms with Crippen LogP contribution in [0.4, 0.5) is 4.79 Å². The van der Waals surface area contributed by atoms with Gasteiger partial charge in [0.15, 0.2) is 6.61 Å². The van der Waals surface area contributed by atoms with Crippen molar-refractivity contribution in [2.75, 3.05) is 13.2 Å². The summed E-state index contributed by atoms with van der Waals surface area (Å²) < 4.78 is 6.45. The number of nitrogens with one attached hydrogen (secondary N) is 2. The van der Waals surface area contributed by atoms with E-state index in [1.807, 2.05) is 27.7 Å². The summed E-state index contributed by atoms with van der Waals surface area (Å²) in [6, 6.07) is -0.631. The topological polar surface area (TPSA) is 102 Å². The number of carbonyl (C=O) groups is 3. The van der Waals surface area contributed by atoms with E-state index < -0.39 is 24.5 Å². The highest BCUT2D eigenvalue weighted by Crippen LogP contribution is 2.21. The highest BCUT2D eigenvalue weighted by atomic mass is 35.5. The summed E-state index contributed by atoms with van der Waals surface area (Å²) in [4.78, 5) is 35.3. The van der Waals surface area contributed by atoms with E-state index in [9.17, 15) is 14.4 Å². The molecule has 0 unspecified atom stereocenters. The van der Waals surface area contributed by atoms with E-state index in [1.54, 1.807) is 6.92 Å². The minimum Gasteiger partial charge on any atom is -0.452 e. The molecule has 140 valence electrons. The number of ether oxygens (including phenoxy) is 1. The Morgan fingerprint density at radius 3 is 2.40 bits per heavy atom. The normalized spacial score (nSPS) is 10.9. The molecule has 0 aliphatic carbocycles. The molecule has 0 spiro atoms. The van der Waals surface area contributed by atoms with Crippen molar-refractivity contribution in [3.05, 3.63) is 16.4 Å². The van der Waals surface area contributed by atoms with Crippen LogP contribution in [0.15, 0.2) is 0 Å². The predicted octanol–water partition coefficient (Wildman–Crippen LogP) is 2.14. The van der Waals surface area contributed by atoms with Gasteiger partial charge in [-0.1, -0.05) is 39.3 Å². The second kappa shape index (κ2) is 9.41. The first-order valence-corrected chi connectivity index (χ1v) is 8.47. The number of urea groups is 1. The molecular formula is C16H25ClN4O4. The van der Waals surface area contributed by atoms with Crippen molar-refractivity contribution in [1.29, 1.82) is 0 Å². The molecule has 0 bridgehead atoms. The van der Waals surface area contributed by atoms with Crippen LogP contribution in [-0.2, 0) is 16.1 Å². The molecule has 0 saturated heterocycles. The molecule has 0 aromatic carbocycles. The van der Waals surface area contributed by atoms with E-state index in [2.05, 4.69) is 15.7 Å². The summed E-state index contributed by atoms with van der Waals surface area (Å²) >= 11 is 6.17. The molecule has 0 aliphatic rings. The zero-order valence-electron chi connectivity index (χ0n) is 15.2. The summed E-state index contributed by atoms with van der Waals surface area (Å²) in [5.74, 6) is -0.921. The van der Waals surface area contributed by atoms with E-state index >= 15 is 0 Å². The lowest BCUT2D eigenvalue weighted by molar-refractivity contribution is -0.123. The Bertz CT molecular complexity index is 640. The maximum atomic E-state index is 12.2. The summed E-state index contributed by atoms with van der Waals surface area (Å²) in [6.07, 6.45) is 0. The molecule has 25 heavy (non-hydrogen) atoms. The van der Waals surface area contributed by atoms with Crippen molar-refractivity contribution in [2.45, 2.75) is 41.2 Å². The van der Waals surface area contributed by atoms with Crippen LogP contribution in [0.1, 0.15) is 43.7 Å². The summed E-state index contributed by atoms with van der Waals surface area (Å²) in [5.41, 5.74) is 0.546. The quantitative estimate of drug-likeness (QED) is 0.714. The predicted molar refractivity (Wildman–Crippen MR) is 93.5 cm³/mol. The highest BCUT2D eigenvalue weighted by Gasteiger charge is 2.23. The van der Waals surface area contributed by atoms with E-state index in [0.717, 1.165) is 0 Å². The number of aryl methyl sites for hydroxylation is 1. The van der Waals surface area contributed by atoms with Crippen molar-refractivity contribution < 1.29 is 19.1 Å². The molecule has 0 aliphatic heterocycles. The molecule has 0 fully saturated rings. The van der Waals surface area contributed by atoms with Gasteiger partial charge in [-0.05, 0) is 18.8 Å². The lowest BCUT2D eigenvalue weighted by atomic mass is 10.2. The zero-order valence-corrected chi connectivity index (χ0v) is 15.9. The number of halogens is 1. The van der Waals surface area contributed by atoms with Crippen molar-refractivity contribution in [3.63, 3.8) is 0 Å². The van der Waals surface area contributed by atoms with Crippen LogP contribution in [0.2, 0.25) is 5.15 Å². The smallest absolute Gasteiger partial charge is 0.343 e. The number of esters is 1. The molecule has 1 aromatic rings. The second-order valence-electron chi connectivity index (χ2n) is 6.56. The van der Waals surface area contributed by atoms with E-state index in [0.29, 0.717) is 24.7 Å². The third-order valence-corrected chi connectivity index (χ3v) is 3.45. The van der Waals surface area contributed by atoms with Crippen LogP contribution in [0.25, 0.3) is 0 Å². The van der Waals surface area contributed by atoms with Gasteiger partial charge >= 0.3 is 12.0 Å². The number of rotatable bonds is 7. The third-order valence-electron chi connectivity index (χ3n) is 3.07. The summed E-state index contributed by atoms with van der Waals surface area (Å²) in [6.45, 7) is 9.90. The number of nitrogens with zero attached hydrogens (tertiary/aromatic N) is 2. The number of hydrogen-bond acceptors (Lipinski definition) is 5. The SMILES string of the molecule is Cc1nn(CC(C)C)c(Cl)c1C(=O)OCC(=O)NC(=O)NCC(C)C. The number of hydrogen-bond donors (Lipinski definition) is 2. The molecule has 2 N–H and O–H groups in total. The Kier molecular flexibility index (Phi) is 7.89. The number of aromatic nitrogens is 2. The fraction of sp³-hybridized carbons (Fsp3) is 0.625. The van der Waals surface area contributed by atoms with Crippen LogP contribution in [0.5, 0.6) is 0 Å². The lowest BCUT2D eigenvalue weighted by Crippen LogP contribution is -2.42. The Labute approximate surface area is 152 Å². The summed E-state index contributed by atoms with van der Waals surface area (Å²) in [7, 11) is 0. The monoisotopic (exact) mass is 372 g/mol. The van der Waals surface area contributed by atoms with E-state index in [1.165, 1.54) is 4.68 Å². The molecular weight excluding hydrogens is 348 g/mol. The van der Waals surface area contributed by atoms with Gasteiger partial charge in [0, 0.05) is 13.1 Å². The zero-order chi connectivity index (χ0) is 19.1. The first-order chi connectivity index (χ1) is 11.6. The van der Waals surface area contributed by atoms with Crippen molar-refractivity contribution in [1.82, 2.24) is 20.4 Å². The molecule has 8 nitrogen and oxygen atoms in total. The van der Waals surface area contributed by atoms with Gasteiger partial charge in [0.1, 0.15) is 10.7 Å². The van der Waals surface area contributed by atoms with Gasteiger partial charge in [0.2, 0.25) is 0 Å². The van der Waals surface area contributed by atoms with Crippen LogP contribution < -0.4 is 10.6 Å². The number of amides is 3. The highest BCUT2D eigenvalue weighted by molar-refractivity contribution is 6.32. The maximum Gasteiger partial charge on any atom is 0.343 e. The van der Waals surface area contributed by atoms with Gasteiger partial charge in [-0.25, -0.2) is 9.59 Å². The molecule has 1 rings (SSSR count). The molecule has 0 saturated carbocycles. The maximum absolute atomic E-state index is 12.2.